The van der Waals surface area contributed by atoms with Crippen molar-refractivity contribution in [1.29, 1.82) is 0 Å². The first-order valence-electron chi connectivity index (χ1n) is 10.4. The Morgan fingerprint density at radius 3 is 1.41 bits per heavy atom. The fourth-order valence-corrected chi connectivity index (χ4v) is 11.8. The minimum absolute atomic E-state index is 0. The fraction of sp³-hybridized carbons (Fsp3) is 0.429. The van der Waals surface area contributed by atoms with E-state index in [1.807, 2.05) is 0 Å². The molecule has 0 bridgehead atoms. The van der Waals surface area contributed by atoms with Crippen LogP contribution < -0.4 is 5.73 Å². The molecule has 0 radical (unpaired) electrons. The van der Waals surface area contributed by atoms with Gasteiger partial charge < -0.3 is 14.8 Å². The summed E-state index contributed by atoms with van der Waals surface area (Å²) in [6.45, 7) is 6.25. The van der Waals surface area contributed by atoms with E-state index in [1.54, 1.807) is 13.8 Å². The van der Waals surface area contributed by atoms with Crippen LogP contribution in [-0.2, 0) is 37.9 Å². The Labute approximate surface area is 218 Å². The number of hydrogen-bond donors (Lipinski definition) is 1. The largest absolute Gasteiger partial charge is 0.399 e. The molecule has 0 amide bonds. The van der Waals surface area contributed by atoms with Crippen LogP contribution in [0.4, 0.5) is 11.4 Å². The van der Waals surface area contributed by atoms with E-state index in [4.69, 9.17) is 14.8 Å². The van der Waals surface area contributed by atoms with E-state index in [2.05, 4.69) is 0 Å². The number of benzene rings is 2. The molecule has 0 spiro atoms. The summed E-state index contributed by atoms with van der Waals surface area (Å²) in [4.78, 5) is 9.84. The number of sulfone groups is 2. The van der Waals surface area contributed by atoms with Gasteiger partial charge in [0.15, 0.2) is 19.7 Å². The van der Waals surface area contributed by atoms with Crippen molar-refractivity contribution in [3.63, 3.8) is 0 Å². The molecular formula is C21H34N2O10P2S2. The van der Waals surface area contributed by atoms with E-state index in [0.717, 1.165) is 24.3 Å². The number of non-ortho nitro benzene ring substituents is 1. The number of nitrogens with zero attached hydrogens (tertiary/aromatic N) is 1. The van der Waals surface area contributed by atoms with E-state index < -0.39 is 50.3 Å². The molecule has 2 aromatic rings. The molecule has 16 heteroatoms. The van der Waals surface area contributed by atoms with Crippen molar-refractivity contribution in [3.05, 3.63) is 58.6 Å². The van der Waals surface area contributed by atoms with Gasteiger partial charge in [-0.2, -0.15) is 0 Å². The van der Waals surface area contributed by atoms with Crippen LogP contribution in [-0.4, -0.2) is 59.3 Å². The molecule has 2 atom stereocenters. The zero-order valence-corrected chi connectivity index (χ0v) is 23.7. The summed E-state index contributed by atoms with van der Waals surface area (Å²) in [6.07, 6.45) is 0. The van der Waals surface area contributed by atoms with Crippen molar-refractivity contribution in [2.75, 3.05) is 43.3 Å². The Bertz CT molecular complexity index is 1340. The van der Waals surface area contributed by atoms with Gasteiger partial charge in [-0.3, -0.25) is 19.2 Å². The Balaban J connectivity index is 0.000000686. The van der Waals surface area contributed by atoms with Crippen LogP contribution in [0.1, 0.15) is 21.3 Å². The van der Waals surface area contributed by atoms with Gasteiger partial charge in [0.05, 0.1) is 27.9 Å². The molecule has 0 aliphatic heterocycles. The molecule has 0 aliphatic carbocycles. The predicted octanol–water partition coefficient (Wildman–Crippen LogP) is 4.85. The minimum atomic E-state index is -3.79. The Morgan fingerprint density at radius 1 is 0.784 bits per heavy atom. The first-order valence-corrected chi connectivity index (χ1v) is 18.2. The first-order chi connectivity index (χ1) is 16.4. The van der Waals surface area contributed by atoms with Gasteiger partial charge in [-0.15, -0.1) is 0 Å². The van der Waals surface area contributed by atoms with Crippen LogP contribution >= 0.6 is 14.7 Å². The van der Waals surface area contributed by atoms with Gasteiger partial charge in [-0.25, -0.2) is 16.8 Å². The van der Waals surface area contributed by atoms with E-state index in [0.29, 0.717) is 5.69 Å². The SMILES string of the molecule is C.CCOP(C)(=O)CS(=O)(=O)c1ccc(N)cc1.CCOP(C)(=O)CS(=O)(=O)c1ccc([N+](=O)[O-])cc1. The number of hydrogen-bond acceptors (Lipinski definition) is 11. The molecule has 0 saturated heterocycles. The first kappa shape index (κ1) is 34.9. The highest BCUT2D eigenvalue weighted by atomic mass is 32.2. The van der Waals surface area contributed by atoms with Crippen LogP contribution in [0.3, 0.4) is 0 Å². The summed E-state index contributed by atoms with van der Waals surface area (Å²) >= 11 is 0. The number of rotatable bonds is 11. The number of anilines is 1. The summed E-state index contributed by atoms with van der Waals surface area (Å²) < 4.78 is 81.4. The molecule has 2 unspecified atom stereocenters. The third-order valence-electron chi connectivity index (χ3n) is 4.26. The lowest BCUT2D eigenvalue weighted by atomic mass is 10.3. The molecular weight excluding hydrogens is 566 g/mol. The zero-order valence-electron chi connectivity index (χ0n) is 20.3. The normalized spacial score (nSPS) is 14.7. The molecule has 0 saturated carbocycles. The van der Waals surface area contributed by atoms with E-state index >= 15 is 0 Å². The van der Waals surface area contributed by atoms with E-state index in [9.17, 15) is 36.1 Å². The lowest BCUT2D eigenvalue weighted by Crippen LogP contribution is -2.08. The molecule has 210 valence electrons. The average Bonchev–Trinajstić information content (AvgIpc) is 2.73. The molecule has 37 heavy (non-hydrogen) atoms. The lowest BCUT2D eigenvalue weighted by Gasteiger charge is -2.12. The Kier molecular flexibility index (Phi) is 13.4. The second-order valence-corrected chi connectivity index (χ2v) is 17.7. The topological polar surface area (TPSA) is 190 Å². The molecule has 2 aromatic carbocycles. The second kappa shape index (κ2) is 14.2. The maximum Gasteiger partial charge on any atom is 0.269 e. The molecule has 2 N–H and O–H groups in total. The van der Waals surface area contributed by atoms with Gasteiger partial charge >= 0.3 is 0 Å². The van der Waals surface area contributed by atoms with Crippen molar-refractivity contribution in [1.82, 2.24) is 0 Å². The van der Waals surface area contributed by atoms with Crippen LogP contribution in [0.25, 0.3) is 0 Å². The molecule has 12 nitrogen and oxygen atoms in total. The van der Waals surface area contributed by atoms with Crippen molar-refractivity contribution < 1.29 is 39.9 Å². The summed E-state index contributed by atoms with van der Waals surface area (Å²) in [5.74, 6) is 0. The monoisotopic (exact) mass is 600 g/mol. The van der Waals surface area contributed by atoms with Crippen LogP contribution in [0, 0.1) is 10.1 Å². The molecule has 0 heterocycles. The highest BCUT2D eigenvalue weighted by molar-refractivity contribution is 7.98. The highest BCUT2D eigenvalue weighted by Crippen LogP contribution is 2.45. The molecule has 0 aromatic heterocycles. The van der Waals surface area contributed by atoms with Gasteiger partial charge in [0.25, 0.3) is 5.69 Å². The fourth-order valence-electron chi connectivity index (χ4n) is 2.84. The molecule has 0 fully saturated rings. The minimum Gasteiger partial charge on any atom is -0.399 e. The number of nitrogen functional groups attached to an aromatic ring is 1. The maximum atomic E-state index is 12.0. The Morgan fingerprint density at radius 2 is 1.11 bits per heavy atom. The van der Waals surface area contributed by atoms with Crippen molar-refractivity contribution in [3.8, 4) is 0 Å². The average molecular weight is 601 g/mol. The van der Waals surface area contributed by atoms with Gasteiger partial charge in [0, 0.05) is 31.1 Å². The quantitative estimate of drug-likeness (QED) is 0.160. The van der Waals surface area contributed by atoms with Crippen LogP contribution in [0.5, 0.6) is 0 Å². The van der Waals surface area contributed by atoms with Crippen LogP contribution in [0.15, 0.2) is 58.3 Å². The standard InChI is InChI=1S/C10H14NO6PS.C10H16NO4PS.CH4/c1-3-17-18(2,14)8-19(15,16)10-6-4-9(5-7-10)11(12)13;1-3-15-16(2,12)8-17(13,14)10-6-4-9(11)5-7-10;/h4-7H,3,8H2,1-2H3;4-7H,3,8,11H2,1-2H3;1H4. The summed E-state index contributed by atoms with van der Waals surface area (Å²) in [6, 6.07) is 10.2. The van der Waals surface area contributed by atoms with Crippen molar-refractivity contribution in [2.45, 2.75) is 31.1 Å². The number of nitro benzene ring substituents is 1. The maximum absolute atomic E-state index is 12.0. The Hall–Kier alpha value is -2.08. The summed E-state index contributed by atoms with van der Waals surface area (Å²) in [5.41, 5.74) is 4.64. The third kappa shape index (κ3) is 11.9. The van der Waals surface area contributed by atoms with Gasteiger partial charge in [0.2, 0.25) is 14.7 Å². The van der Waals surface area contributed by atoms with Crippen molar-refractivity contribution in [2.24, 2.45) is 0 Å². The van der Waals surface area contributed by atoms with Gasteiger partial charge in [0.1, 0.15) is 11.0 Å². The third-order valence-corrected chi connectivity index (χ3v) is 14.3. The second-order valence-electron chi connectivity index (χ2n) is 7.67. The number of nitro groups is 1. The van der Waals surface area contributed by atoms with Gasteiger partial charge in [-0.05, 0) is 50.2 Å². The predicted molar refractivity (Wildman–Crippen MR) is 145 cm³/mol. The highest BCUT2D eigenvalue weighted by Gasteiger charge is 2.28. The molecule has 2 rings (SSSR count). The van der Waals surface area contributed by atoms with E-state index in [1.165, 1.54) is 37.6 Å². The zero-order chi connectivity index (χ0) is 27.8. The van der Waals surface area contributed by atoms with Crippen molar-refractivity contribution >= 4 is 45.8 Å². The number of nitrogens with two attached hydrogens (primary N) is 1. The van der Waals surface area contributed by atoms with Crippen LogP contribution in [0.2, 0.25) is 0 Å². The summed E-state index contributed by atoms with van der Waals surface area (Å²) in [5, 5.41) is 10.5. The van der Waals surface area contributed by atoms with Gasteiger partial charge in [-0.1, -0.05) is 7.43 Å². The molecule has 0 aliphatic rings. The van der Waals surface area contributed by atoms with E-state index in [-0.39, 0.29) is 36.1 Å². The summed E-state index contributed by atoms with van der Waals surface area (Å²) in [7, 11) is -13.7. The lowest BCUT2D eigenvalue weighted by molar-refractivity contribution is -0.384. The smallest absolute Gasteiger partial charge is 0.269 e.